The Morgan fingerprint density at radius 3 is 2.79 bits per heavy atom. The predicted octanol–water partition coefficient (Wildman–Crippen LogP) is 2.98. The van der Waals surface area contributed by atoms with Gasteiger partial charge in [-0.3, -0.25) is 4.79 Å². The standard InChI is InChI=1S/C22H25N3O4/c1-2-29-20(26)11-10-17(14-16-12-13-23-21(16)27)24-22(28)25-19-9-5-7-15-6-3-4-8-18(15)19/h3-11,16-17H,2,12-14H2,1H3,(H,23,27)(H2,24,25,28)/t16-,17+/m0/s1. The quantitative estimate of drug-likeness (QED) is 0.496. The second-order valence-corrected chi connectivity index (χ2v) is 6.86. The van der Waals surface area contributed by atoms with Gasteiger partial charge < -0.3 is 20.7 Å². The number of esters is 1. The fourth-order valence-electron chi connectivity index (χ4n) is 3.41. The van der Waals surface area contributed by atoms with Gasteiger partial charge in [0.05, 0.1) is 18.3 Å². The molecule has 0 unspecified atom stereocenters. The molecule has 3 rings (SSSR count). The average molecular weight is 395 g/mol. The SMILES string of the molecule is CCOC(=O)C=C[C@H](C[C@@H]1CCNC1=O)NC(=O)Nc1cccc2ccccc12. The number of fused-ring (bicyclic) bond motifs is 1. The van der Waals surface area contributed by atoms with E-state index in [9.17, 15) is 14.4 Å². The third-order valence-electron chi connectivity index (χ3n) is 4.81. The van der Waals surface area contributed by atoms with Gasteiger partial charge in [0.1, 0.15) is 0 Å². The number of anilines is 1. The van der Waals surface area contributed by atoms with Gasteiger partial charge in [-0.25, -0.2) is 9.59 Å². The maximum atomic E-state index is 12.6. The van der Waals surface area contributed by atoms with Crippen molar-refractivity contribution >= 4 is 34.4 Å². The van der Waals surface area contributed by atoms with Crippen LogP contribution in [0.25, 0.3) is 10.8 Å². The van der Waals surface area contributed by atoms with Crippen LogP contribution < -0.4 is 16.0 Å². The summed E-state index contributed by atoms with van der Waals surface area (Å²) in [6.07, 6.45) is 3.98. The van der Waals surface area contributed by atoms with Crippen LogP contribution in [0.2, 0.25) is 0 Å². The number of benzene rings is 2. The largest absolute Gasteiger partial charge is 0.463 e. The summed E-state index contributed by atoms with van der Waals surface area (Å²) in [4.78, 5) is 36.2. The summed E-state index contributed by atoms with van der Waals surface area (Å²) < 4.78 is 4.90. The first-order valence-electron chi connectivity index (χ1n) is 9.74. The Bertz CT molecular complexity index is 920. The highest BCUT2D eigenvalue weighted by Crippen LogP contribution is 2.23. The minimum absolute atomic E-state index is 0.0317. The number of ether oxygens (including phenoxy) is 1. The van der Waals surface area contributed by atoms with Crippen molar-refractivity contribution in [2.24, 2.45) is 5.92 Å². The molecule has 7 heteroatoms. The fraction of sp³-hybridized carbons (Fsp3) is 0.318. The Balaban J connectivity index is 1.70. The Hall–Kier alpha value is -3.35. The second kappa shape index (κ2) is 9.73. The Morgan fingerprint density at radius 1 is 1.24 bits per heavy atom. The third-order valence-corrected chi connectivity index (χ3v) is 4.81. The number of nitrogens with one attached hydrogen (secondary N) is 3. The molecule has 0 radical (unpaired) electrons. The molecule has 0 spiro atoms. The minimum atomic E-state index is -0.483. The van der Waals surface area contributed by atoms with Crippen molar-refractivity contribution in [2.45, 2.75) is 25.8 Å². The fourth-order valence-corrected chi connectivity index (χ4v) is 3.41. The van der Waals surface area contributed by atoms with Gasteiger partial charge in [-0.1, -0.05) is 42.5 Å². The molecule has 2 atom stereocenters. The smallest absolute Gasteiger partial charge is 0.330 e. The van der Waals surface area contributed by atoms with Gasteiger partial charge in [0, 0.05) is 23.9 Å². The molecule has 0 bridgehead atoms. The molecule has 1 saturated heterocycles. The van der Waals surface area contributed by atoms with Crippen LogP contribution in [0, 0.1) is 5.92 Å². The molecule has 0 aromatic heterocycles. The Labute approximate surface area is 169 Å². The summed E-state index contributed by atoms with van der Waals surface area (Å²) >= 11 is 0. The van der Waals surface area contributed by atoms with Crippen molar-refractivity contribution in [1.29, 1.82) is 0 Å². The molecule has 7 nitrogen and oxygen atoms in total. The lowest BCUT2D eigenvalue weighted by atomic mass is 9.98. The molecular formula is C22H25N3O4. The molecule has 3 N–H and O–H groups in total. The molecule has 0 saturated carbocycles. The summed E-state index contributed by atoms with van der Waals surface area (Å²) in [7, 11) is 0. The molecule has 2 aromatic rings. The lowest BCUT2D eigenvalue weighted by Gasteiger charge is -2.19. The Kier molecular flexibility index (Phi) is 6.84. The molecule has 1 heterocycles. The highest BCUT2D eigenvalue weighted by Gasteiger charge is 2.27. The van der Waals surface area contributed by atoms with Crippen molar-refractivity contribution in [1.82, 2.24) is 10.6 Å². The van der Waals surface area contributed by atoms with Crippen LogP contribution in [0.5, 0.6) is 0 Å². The van der Waals surface area contributed by atoms with Crippen molar-refractivity contribution in [3.05, 3.63) is 54.6 Å². The van der Waals surface area contributed by atoms with E-state index >= 15 is 0 Å². The van der Waals surface area contributed by atoms with E-state index in [1.807, 2.05) is 42.5 Å². The number of hydrogen-bond acceptors (Lipinski definition) is 4. The normalized spacial score (nSPS) is 17.1. The van der Waals surface area contributed by atoms with Crippen LogP contribution in [-0.2, 0) is 14.3 Å². The van der Waals surface area contributed by atoms with Gasteiger partial charge in [-0.15, -0.1) is 0 Å². The summed E-state index contributed by atoms with van der Waals surface area (Å²) in [5.41, 5.74) is 0.687. The maximum absolute atomic E-state index is 12.6. The second-order valence-electron chi connectivity index (χ2n) is 6.86. The first kappa shape index (κ1) is 20.4. The van der Waals surface area contributed by atoms with Crippen molar-refractivity contribution in [2.75, 3.05) is 18.5 Å². The monoisotopic (exact) mass is 395 g/mol. The molecule has 1 aliphatic rings. The van der Waals surface area contributed by atoms with Crippen LogP contribution >= 0.6 is 0 Å². The molecule has 0 aliphatic carbocycles. The topological polar surface area (TPSA) is 96.5 Å². The van der Waals surface area contributed by atoms with E-state index in [0.717, 1.165) is 10.8 Å². The van der Waals surface area contributed by atoms with Crippen LogP contribution in [0.3, 0.4) is 0 Å². The summed E-state index contributed by atoms with van der Waals surface area (Å²) in [5, 5.41) is 10.5. The first-order valence-corrected chi connectivity index (χ1v) is 9.74. The van der Waals surface area contributed by atoms with E-state index in [2.05, 4.69) is 16.0 Å². The number of carbonyl (C=O) groups excluding carboxylic acids is 3. The van der Waals surface area contributed by atoms with Gasteiger partial charge in [0.2, 0.25) is 5.91 Å². The van der Waals surface area contributed by atoms with Crippen LogP contribution in [0.4, 0.5) is 10.5 Å². The molecule has 3 amide bonds. The lowest BCUT2D eigenvalue weighted by molar-refractivity contribution is -0.137. The number of urea groups is 1. The molecule has 1 fully saturated rings. The third kappa shape index (κ3) is 5.57. The van der Waals surface area contributed by atoms with Crippen LogP contribution in [-0.4, -0.2) is 37.1 Å². The zero-order chi connectivity index (χ0) is 20.6. The van der Waals surface area contributed by atoms with Crippen molar-refractivity contribution < 1.29 is 19.1 Å². The van der Waals surface area contributed by atoms with E-state index in [1.54, 1.807) is 13.0 Å². The van der Waals surface area contributed by atoms with Gasteiger partial charge in [-0.2, -0.15) is 0 Å². The van der Waals surface area contributed by atoms with E-state index in [1.165, 1.54) is 6.08 Å². The lowest BCUT2D eigenvalue weighted by Crippen LogP contribution is -2.39. The van der Waals surface area contributed by atoms with Gasteiger partial charge >= 0.3 is 12.0 Å². The highest BCUT2D eigenvalue weighted by molar-refractivity contribution is 6.01. The van der Waals surface area contributed by atoms with Crippen LogP contribution in [0.1, 0.15) is 19.8 Å². The molecule has 29 heavy (non-hydrogen) atoms. The molecule has 152 valence electrons. The Morgan fingerprint density at radius 2 is 2.03 bits per heavy atom. The van der Waals surface area contributed by atoms with Gasteiger partial charge in [0.25, 0.3) is 0 Å². The van der Waals surface area contributed by atoms with E-state index in [0.29, 0.717) is 25.1 Å². The van der Waals surface area contributed by atoms with Crippen molar-refractivity contribution in [3.8, 4) is 0 Å². The van der Waals surface area contributed by atoms with Gasteiger partial charge in [0.15, 0.2) is 0 Å². The zero-order valence-corrected chi connectivity index (χ0v) is 16.3. The summed E-state index contributed by atoms with van der Waals surface area (Å²) in [6.45, 7) is 2.62. The highest BCUT2D eigenvalue weighted by atomic mass is 16.5. The number of amides is 3. The zero-order valence-electron chi connectivity index (χ0n) is 16.3. The minimum Gasteiger partial charge on any atom is -0.463 e. The first-order chi connectivity index (χ1) is 14.1. The predicted molar refractivity (Wildman–Crippen MR) is 111 cm³/mol. The molecule has 1 aliphatic heterocycles. The van der Waals surface area contributed by atoms with Gasteiger partial charge in [-0.05, 0) is 31.2 Å². The molecular weight excluding hydrogens is 370 g/mol. The summed E-state index contributed by atoms with van der Waals surface area (Å²) in [5.74, 6) is -0.717. The number of hydrogen-bond donors (Lipinski definition) is 3. The van der Waals surface area contributed by atoms with Crippen LogP contribution in [0.15, 0.2) is 54.6 Å². The van der Waals surface area contributed by atoms with E-state index in [-0.39, 0.29) is 18.4 Å². The maximum Gasteiger partial charge on any atom is 0.330 e. The molecule has 2 aromatic carbocycles. The average Bonchev–Trinajstić information content (AvgIpc) is 3.11. The van der Waals surface area contributed by atoms with Crippen molar-refractivity contribution in [3.63, 3.8) is 0 Å². The summed E-state index contributed by atoms with van der Waals surface area (Å²) in [6, 6.07) is 12.6. The number of rotatable bonds is 7. The van der Waals surface area contributed by atoms with E-state index < -0.39 is 18.0 Å². The number of carbonyl (C=O) groups is 3. The van der Waals surface area contributed by atoms with E-state index in [4.69, 9.17) is 4.74 Å².